The van der Waals surface area contributed by atoms with E-state index in [1.54, 1.807) is 0 Å². The van der Waals surface area contributed by atoms with Crippen molar-refractivity contribution in [1.82, 2.24) is 10.6 Å². The summed E-state index contributed by atoms with van der Waals surface area (Å²) >= 11 is 0. The molecule has 0 unspecified atom stereocenters. The molecule has 0 aromatic heterocycles. The molecule has 0 aliphatic carbocycles. The highest BCUT2D eigenvalue weighted by Crippen LogP contribution is 2.18. The van der Waals surface area contributed by atoms with E-state index in [9.17, 15) is 9.59 Å². The maximum atomic E-state index is 11.3. The minimum absolute atomic E-state index is 0.116. The van der Waals surface area contributed by atoms with Crippen molar-refractivity contribution in [3.8, 4) is 0 Å². The Kier molecular flexibility index (Phi) is 2.84. The number of aliphatic hydroxyl groups is 2. The number of imide groups is 1. The Morgan fingerprint density at radius 1 is 1.15 bits per heavy atom. The summed E-state index contributed by atoms with van der Waals surface area (Å²) in [6.45, 7) is -0.429. The molecule has 6 nitrogen and oxygen atoms in total. The Morgan fingerprint density at radius 2 is 1.69 bits per heavy atom. The van der Waals surface area contributed by atoms with E-state index in [-0.39, 0.29) is 26.1 Å². The Hall–Kier alpha value is -1.14. The van der Waals surface area contributed by atoms with Crippen LogP contribution in [0.5, 0.6) is 0 Å². The van der Waals surface area contributed by atoms with Gasteiger partial charge in [-0.15, -0.1) is 0 Å². The van der Waals surface area contributed by atoms with E-state index in [2.05, 4.69) is 10.6 Å². The molecule has 0 spiro atoms. The van der Waals surface area contributed by atoms with Crippen LogP contribution in [0.4, 0.5) is 4.79 Å². The summed E-state index contributed by atoms with van der Waals surface area (Å²) in [6.07, 6.45) is 0.232. The second-order valence-electron chi connectivity index (χ2n) is 2.94. The summed E-state index contributed by atoms with van der Waals surface area (Å²) in [5, 5.41) is 21.9. The molecule has 1 saturated heterocycles. The predicted molar refractivity (Wildman–Crippen MR) is 42.8 cm³/mol. The van der Waals surface area contributed by atoms with E-state index in [0.29, 0.717) is 0 Å². The van der Waals surface area contributed by atoms with Gasteiger partial charge in [-0.3, -0.25) is 10.1 Å². The molecule has 6 heteroatoms. The lowest BCUT2D eigenvalue weighted by Crippen LogP contribution is -2.48. The van der Waals surface area contributed by atoms with Crippen molar-refractivity contribution in [2.45, 2.75) is 18.4 Å². The molecule has 0 aromatic rings. The molecule has 0 atom stereocenters. The number of rotatable bonds is 4. The van der Waals surface area contributed by atoms with Gasteiger partial charge in [0.05, 0.1) is 0 Å². The molecule has 13 heavy (non-hydrogen) atoms. The van der Waals surface area contributed by atoms with Crippen LogP contribution in [0, 0.1) is 0 Å². The zero-order valence-corrected chi connectivity index (χ0v) is 7.04. The number of carbonyl (C=O) groups excluding carboxylic acids is 2. The number of hydrogen-bond acceptors (Lipinski definition) is 4. The smallest absolute Gasteiger partial charge is 0.322 e. The van der Waals surface area contributed by atoms with Gasteiger partial charge in [0, 0.05) is 26.1 Å². The van der Waals surface area contributed by atoms with E-state index in [1.807, 2.05) is 0 Å². The molecule has 3 amide bonds. The Bertz CT molecular complexity index is 223. The Morgan fingerprint density at radius 3 is 2.00 bits per heavy atom. The van der Waals surface area contributed by atoms with Crippen LogP contribution in [0.1, 0.15) is 12.8 Å². The van der Waals surface area contributed by atoms with Gasteiger partial charge in [0.1, 0.15) is 5.54 Å². The van der Waals surface area contributed by atoms with E-state index >= 15 is 0 Å². The first kappa shape index (κ1) is 9.94. The molecule has 0 radical (unpaired) electrons. The number of nitrogens with one attached hydrogen (secondary N) is 2. The molecule has 1 fully saturated rings. The van der Waals surface area contributed by atoms with Crippen molar-refractivity contribution in [1.29, 1.82) is 0 Å². The maximum Gasteiger partial charge on any atom is 0.322 e. The van der Waals surface area contributed by atoms with E-state index in [4.69, 9.17) is 10.2 Å². The maximum absolute atomic E-state index is 11.3. The van der Waals surface area contributed by atoms with Crippen molar-refractivity contribution < 1.29 is 19.8 Å². The Labute approximate surface area is 74.9 Å². The lowest BCUT2D eigenvalue weighted by molar-refractivity contribution is -0.125. The predicted octanol–water partition coefficient (Wildman–Crippen LogP) is -1.67. The van der Waals surface area contributed by atoms with Gasteiger partial charge < -0.3 is 15.5 Å². The summed E-state index contributed by atoms with van der Waals surface area (Å²) in [7, 11) is 0. The van der Waals surface area contributed by atoms with Crippen LogP contribution in [0.2, 0.25) is 0 Å². The molecule has 0 bridgehead atoms. The quantitative estimate of drug-likeness (QED) is 0.396. The van der Waals surface area contributed by atoms with E-state index in [0.717, 1.165) is 0 Å². The summed E-state index contributed by atoms with van der Waals surface area (Å²) in [6, 6.07) is -0.577. The fourth-order valence-electron chi connectivity index (χ4n) is 1.39. The molecule has 74 valence electrons. The van der Waals surface area contributed by atoms with Crippen LogP contribution in [0.3, 0.4) is 0 Å². The van der Waals surface area contributed by atoms with Crippen LogP contribution in [0.15, 0.2) is 0 Å². The van der Waals surface area contributed by atoms with Gasteiger partial charge in [0.25, 0.3) is 5.91 Å². The molecular weight excluding hydrogens is 176 g/mol. The van der Waals surface area contributed by atoms with Crippen molar-refractivity contribution in [3.05, 3.63) is 0 Å². The van der Waals surface area contributed by atoms with Gasteiger partial charge in [-0.2, -0.15) is 0 Å². The monoisotopic (exact) mass is 188 g/mol. The summed E-state index contributed by atoms with van der Waals surface area (Å²) in [5.41, 5.74) is -1.12. The van der Waals surface area contributed by atoms with Gasteiger partial charge in [0.2, 0.25) is 0 Å². The van der Waals surface area contributed by atoms with Crippen molar-refractivity contribution in [2.75, 3.05) is 13.2 Å². The van der Waals surface area contributed by atoms with E-state index < -0.39 is 17.5 Å². The van der Waals surface area contributed by atoms with Crippen LogP contribution in [-0.4, -0.2) is 40.9 Å². The summed E-state index contributed by atoms with van der Waals surface area (Å²) in [5.74, 6) is -0.486. The zero-order valence-electron chi connectivity index (χ0n) is 7.04. The molecular formula is C7H12N2O4. The Balaban J connectivity index is 2.77. The minimum atomic E-state index is -1.12. The third-order valence-electron chi connectivity index (χ3n) is 2.09. The highest BCUT2D eigenvalue weighted by atomic mass is 16.3. The average molecular weight is 188 g/mol. The largest absolute Gasteiger partial charge is 0.396 e. The molecule has 0 aromatic carbocycles. The fourth-order valence-corrected chi connectivity index (χ4v) is 1.39. The molecule has 1 aliphatic rings. The van der Waals surface area contributed by atoms with Crippen LogP contribution in [-0.2, 0) is 4.79 Å². The molecule has 1 rings (SSSR count). The number of aliphatic hydroxyl groups excluding tert-OH is 2. The lowest BCUT2D eigenvalue weighted by Gasteiger charge is -2.23. The third kappa shape index (κ3) is 1.78. The minimum Gasteiger partial charge on any atom is -0.396 e. The highest BCUT2D eigenvalue weighted by molar-refractivity contribution is 6.06. The molecule has 1 heterocycles. The molecule has 1 aliphatic heterocycles. The fraction of sp³-hybridized carbons (Fsp3) is 0.714. The number of amides is 3. The lowest BCUT2D eigenvalue weighted by atomic mass is 9.92. The topological polar surface area (TPSA) is 98.7 Å². The average Bonchev–Trinajstić information content (AvgIpc) is 2.28. The third-order valence-corrected chi connectivity index (χ3v) is 2.09. The first-order valence-electron chi connectivity index (χ1n) is 4.00. The first-order valence-corrected chi connectivity index (χ1v) is 4.00. The second-order valence-corrected chi connectivity index (χ2v) is 2.94. The molecule has 0 saturated carbocycles. The zero-order chi connectivity index (χ0) is 9.90. The number of urea groups is 1. The van der Waals surface area contributed by atoms with Gasteiger partial charge in [-0.25, -0.2) is 4.79 Å². The van der Waals surface area contributed by atoms with Gasteiger partial charge >= 0.3 is 6.03 Å². The number of carbonyl (C=O) groups is 2. The highest BCUT2D eigenvalue weighted by Gasteiger charge is 2.44. The normalized spacial score (nSPS) is 19.8. The van der Waals surface area contributed by atoms with Gasteiger partial charge in [0.15, 0.2) is 0 Å². The standard InChI is InChI=1S/C7H12N2O4/c10-3-1-7(2-4-11)5(12)8-6(13)9-7/h10-11H,1-4H2,(H2,8,9,12,13). The first-order chi connectivity index (χ1) is 6.14. The SMILES string of the molecule is O=C1NC(=O)C(CCO)(CCO)N1. The van der Waals surface area contributed by atoms with Gasteiger partial charge in [-0.05, 0) is 0 Å². The van der Waals surface area contributed by atoms with Crippen LogP contribution < -0.4 is 10.6 Å². The number of hydrogen-bond donors (Lipinski definition) is 4. The van der Waals surface area contributed by atoms with Crippen molar-refractivity contribution >= 4 is 11.9 Å². The van der Waals surface area contributed by atoms with Crippen LogP contribution in [0.25, 0.3) is 0 Å². The van der Waals surface area contributed by atoms with E-state index in [1.165, 1.54) is 0 Å². The second kappa shape index (κ2) is 3.71. The summed E-state index contributed by atoms with van der Waals surface area (Å²) < 4.78 is 0. The molecule has 4 N–H and O–H groups in total. The van der Waals surface area contributed by atoms with Crippen molar-refractivity contribution in [3.63, 3.8) is 0 Å². The van der Waals surface area contributed by atoms with Crippen molar-refractivity contribution in [2.24, 2.45) is 0 Å². The summed E-state index contributed by atoms with van der Waals surface area (Å²) in [4.78, 5) is 22.1. The van der Waals surface area contributed by atoms with Gasteiger partial charge in [-0.1, -0.05) is 0 Å². The van der Waals surface area contributed by atoms with Crippen LogP contribution >= 0.6 is 0 Å².